The molecule has 4 heterocycles. The molecule has 0 unspecified atom stereocenters. The van der Waals surface area contributed by atoms with E-state index in [2.05, 4.69) is 31.2 Å². The number of aliphatic imine (C=N–C) groups is 1. The van der Waals surface area contributed by atoms with Gasteiger partial charge in [-0.2, -0.15) is 4.98 Å². The third-order valence-electron chi connectivity index (χ3n) is 5.50. The van der Waals surface area contributed by atoms with Gasteiger partial charge < -0.3 is 10.3 Å². The summed E-state index contributed by atoms with van der Waals surface area (Å²) in [7, 11) is 0. The maximum Gasteiger partial charge on any atom is 0.255 e. The van der Waals surface area contributed by atoms with Crippen molar-refractivity contribution in [3.8, 4) is 11.3 Å². The van der Waals surface area contributed by atoms with Crippen molar-refractivity contribution >= 4 is 17.2 Å². The SMILES string of the molecule is CC1=NCC(c2nc(C3(c4ccc(-c5cnc(N)nc5)nc4)CCC3)no2)=C1. The predicted octanol–water partition coefficient (Wildman–Crippen LogP) is 2.83. The third-order valence-corrected chi connectivity index (χ3v) is 5.50. The number of nitrogen functional groups attached to an aromatic ring is 1. The number of allylic oxidation sites excluding steroid dienone is 1. The maximum absolute atomic E-state index is 5.55. The minimum absolute atomic E-state index is 0.236. The first-order valence-electron chi connectivity index (χ1n) is 9.25. The van der Waals surface area contributed by atoms with Crippen molar-refractivity contribution < 1.29 is 4.52 Å². The largest absolute Gasteiger partial charge is 0.368 e. The highest BCUT2D eigenvalue weighted by Gasteiger charge is 2.45. The number of hydrogen-bond acceptors (Lipinski definition) is 8. The van der Waals surface area contributed by atoms with Crippen LogP contribution in [0.1, 0.15) is 43.5 Å². The molecule has 1 aliphatic carbocycles. The normalized spacial score (nSPS) is 17.8. The minimum atomic E-state index is -0.236. The van der Waals surface area contributed by atoms with Crippen LogP contribution in [0.15, 0.2) is 46.3 Å². The Morgan fingerprint density at radius 2 is 1.89 bits per heavy atom. The Morgan fingerprint density at radius 1 is 1.07 bits per heavy atom. The predicted molar refractivity (Wildman–Crippen MR) is 105 cm³/mol. The Balaban J connectivity index is 1.45. The van der Waals surface area contributed by atoms with E-state index in [1.165, 1.54) is 0 Å². The van der Waals surface area contributed by atoms with Gasteiger partial charge in [-0.1, -0.05) is 17.6 Å². The van der Waals surface area contributed by atoms with Crippen molar-refractivity contribution in [2.24, 2.45) is 4.99 Å². The van der Waals surface area contributed by atoms with Gasteiger partial charge in [-0.3, -0.25) is 9.98 Å². The summed E-state index contributed by atoms with van der Waals surface area (Å²) in [6.07, 6.45) is 10.3. The first-order valence-corrected chi connectivity index (χ1v) is 9.25. The maximum atomic E-state index is 5.55. The van der Waals surface area contributed by atoms with E-state index in [1.807, 2.05) is 25.3 Å². The van der Waals surface area contributed by atoms with Crippen LogP contribution in [0, 0.1) is 0 Å². The van der Waals surface area contributed by atoms with Gasteiger partial charge in [0.25, 0.3) is 5.89 Å². The molecule has 0 amide bonds. The van der Waals surface area contributed by atoms with E-state index >= 15 is 0 Å². The van der Waals surface area contributed by atoms with Gasteiger partial charge in [0.2, 0.25) is 5.95 Å². The van der Waals surface area contributed by atoms with Gasteiger partial charge in [-0.15, -0.1) is 0 Å². The molecule has 0 bridgehead atoms. The van der Waals surface area contributed by atoms with E-state index in [1.54, 1.807) is 12.4 Å². The van der Waals surface area contributed by atoms with Crippen molar-refractivity contribution in [2.75, 3.05) is 12.3 Å². The summed E-state index contributed by atoms with van der Waals surface area (Å²) < 4.78 is 5.55. The molecule has 8 heteroatoms. The Bertz CT molecular complexity index is 1080. The molecule has 28 heavy (non-hydrogen) atoms. The first kappa shape index (κ1) is 16.7. The van der Waals surface area contributed by atoms with E-state index in [-0.39, 0.29) is 11.4 Å². The molecular weight excluding hydrogens is 354 g/mol. The van der Waals surface area contributed by atoms with Crippen LogP contribution >= 0.6 is 0 Å². The average Bonchev–Trinajstić information content (AvgIpc) is 3.32. The molecule has 0 atom stereocenters. The lowest BCUT2D eigenvalue weighted by Gasteiger charge is -2.39. The minimum Gasteiger partial charge on any atom is -0.368 e. The highest BCUT2D eigenvalue weighted by atomic mass is 16.5. The second-order valence-corrected chi connectivity index (χ2v) is 7.25. The van der Waals surface area contributed by atoms with Crippen LogP contribution in [0.5, 0.6) is 0 Å². The fourth-order valence-corrected chi connectivity index (χ4v) is 3.72. The zero-order chi connectivity index (χ0) is 19.1. The number of rotatable bonds is 4. The molecule has 5 rings (SSSR count). The van der Waals surface area contributed by atoms with Crippen molar-refractivity contribution in [3.63, 3.8) is 0 Å². The molecule has 1 aliphatic heterocycles. The fraction of sp³-hybridized carbons (Fsp3) is 0.300. The van der Waals surface area contributed by atoms with Crippen LogP contribution in [0.2, 0.25) is 0 Å². The van der Waals surface area contributed by atoms with Crippen LogP contribution in [0.25, 0.3) is 16.8 Å². The average molecular weight is 373 g/mol. The summed E-state index contributed by atoms with van der Waals surface area (Å²) in [6, 6.07) is 4.05. The van der Waals surface area contributed by atoms with Gasteiger partial charge in [0, 0.05) is 35.4 Å². The molecule has 1 fully saturated rings. The second kappa shape index (κ2) is 6.33. The standard InChI is InChI=1S/C20H19N7O/c1-12-7-13(8-22-12)17-26-18(27-28-17)20(5-2-6-20)15-3-4-16(23-11-15)14-9-24-19(21)25-10-14/h3-4,7,9-11H,2,5-6,8H2,1H3,(H2,21,24,25). The van der Waals surface area contributed by atoms with Gasteiger partial charge in [0.1, 0.15) is 0 Å². The summed E-state index contributed by atoms with van der Waals surface area (Å²) in [6.45, 7) is 2.57. The van der Waals surface area contributed by atoms with E-state index < -0.39 is 0 Å². The number of pyridine rings is 1. The van der Waals surface area contributed by atoms with E-state index in [0.717, 1.165) is 53.2 Å². The lowest BCUT2D eigenvalue weighted by molar-refractivity contribution is 0.271. The molecule has 2 N–H and O–H groups in total. The highest BCUT2D eigenvalue weighted by Crippen LogP contribution is 2.48. The molecule has 0 radical (unpaired) electrons. The number of aromatic nitrogens is 5. The topological polar surface area (TPSA) is 116 Å². The van der Waals surface area contributed by atoms with E-state index in [0.29, 0.717) is 12.4 Å². The van der Waals surface area contributed by atoms with Crippen LogP contribution in [-0.2, 0) is 5.41 Å². The summed E-state index contributed by atoms with van der Waals surface area (Å²) in [5, 5.41) is 4.31. The zero-order valence-corrected chi connectivity index (χ0v) is 15.5. The summed E-state index contributed by atoms with van der Waals surface area (Å²) >= 11 is 0. The van der Waals surface area contributed by atoms with Crippen molar-refractivity contribution in [1.82, 2.24) is 25.1 Å². The van der Waals surface area contributed by atoms with Gasteiger partial charge >= 0.3 is 0 Å². The summed E-state index contributed by atoms with van der Waals surface area (Å²) in [5.74, 6) is 1.54. The molecular formula is C20H19N7O. The molecule has 0 saturated heterocycles. The van der Waals surface area contributed by atoms with Gasteiger partial charge in [0.05, 0.1) is 17.7 Å². The van der Waals surface area contributed by atoms with Gasteiger partial charge in [0.15, 0.2) is 5.82 Å². The monoisotopic (exact) mass is 373 g/mol. The van der Waals surface area contributed by atoms with Crippen LogP contribution < -0.4 is 5.73 Å². The number of nitrogens with two attached hydrogens (primary N) is 1. The molecule has 1 saturated carbocycles. The van der Waals surface area contributed by atoms with Crippen molar-refractivity contribution in [3.05, 3.63) is 54.1 Å². The lowest BCUT2D eigenvalue weighted by Crippen LogP contribution is -2.36. The van der Waals surface area contributed by atoms with E-state index in [9.17, 15) is 0 Å². The van der Waals surface area contributed by atoms with Crippen LogP contribution in [0.4, 0.5) is 5.95 Å². The first-order chi connectivity index (χ1) is 13.6. The highest BCUT2D eigenvalue weighted by molar-refractivity contribution is 6.02. The Kier molecular flexibility index (Phi) is 3.78. The zero-order valence-electron chi connectivity index (χ0n) is 15.5. The molecule has 140 valence electrons. The molecule has 0 aromatic carbocycles. The molecule has 2 aliphatic rings. The van der Waals surface area contributed by atoms with Crippen LogP contribution in [0.3, 0.4) is 0 Å². The quantitative estimate of drug-likeness (QED) is 0.747. The lowest BCUT2D eigenvalue weighted by atomic mass is 9.64. The Hall–Kier alpha value is -3.42. The van der Waals surface area contributed by atoms with Gasteiger partial charge in [-0.25, -0.2) is 9.97 Å². The van der Waals surface area contributed by atoms with E-state index in [4.69, 9.17) is 15.2 Å². The Labute approximate surface area is 161 Å². The fourth-order valence-electron chi connectivity index (χ4n) is 3.72. The molecule has 8 nitrogen and oxygen atoms in total. The molecule has 3 aromatic rings. The van der Waals surface area contributed by atoms with Crippen LogP contribution in [-0.4, -0.2) is 37.3 Å². The molecule has 0 spiro atoms. The third kappa shape index (κ3) is 2.69. The van der Waals surface area contributed by atoms with Gasteiger partial charge in [-0.05, 0) is 37.5 Å². The summed E-state index contributed by atoms with van der Waals surface area (Å²) in [5.41, 5.74) is 10.0. The smallest absolute Gasteiger partial charge is 0.255 e. The second-order valence-electron chi connectivity index (χ2n) is 7.25. The molecule has 3 aromatic heterocycles. The van der Waals surface area contributed by atoms with Crippen molar-refractivity contribution in [1.29, 1.82) is 0 Å². The van der Waals surface area contributed by atoms with Crippen molar-refractivity contribution in [2.45, 2.75) is 31.6 Å². The number of nitrogens with zero attached hydrogens (tertiary/aromatic N) is 6. The number of anilines is 1. The summed E-state index contributed by atoms with van der Waals surface area (Å²) in [4.78, 5) is 21.7. The number of hydrogen-bond donors (Lipinski definition) is 1. The Morgan fingerprint density at radius 3 is 2.50 bits per heavy atom.